The summed E-state index contributed by atoms with van der Waals surface area (Å²) in [7, 11) is 0. The average Bonchev–Trinajstić information content (AvgIpc) is 2.50. The Morgan fingerprint density at radius 1 is 1.08 bits per heavy atom. The second-order valence-electron chi connectivity index (χ2n) is 7.34. The molecule has 0 aromatic heterocycles. The number of carbonyl (C=O) groups is 2. The quantitative estimate of drug-likeness (QED) is 0.726. The van der Waals surface area contributed by atoms with Gasteiger partial charge in [-0.2, -0.15) is 0 Å². The molecule has 0 heterocycles. The first-order chi connectivity index (χ1) is 11.2. The second-order valence-corrected chi connectivity index (χ2v) is 7.34. The Morgan fingerprint density at radius 3 is 2.04 bits per heavy atom. The number of nitrogens with one attached hydrogen (secondary N) is 2. The van der Waals surface area contributed by atoms with Crippen molar-refractivity contribution in [1.29, 1.82) is 0 Å². The molecule has 2 rings (SSSR count). The van der Waals surface area contributed by atoms with Crippen LogP contribution in [0.3, 0.4) is 0 Å². The molecule has 1 saturated carbocycles. The number of benzene rings is 1. The fourth-order valence-corrected chi connectivity index (χ4v) is 2.95. The molecule has 0 bridgehead atoms. The summed E-state index contributed by atoms with van der Waals surface area (Å²) >= 11 is 0. The Hall–Kier alpha value is -1.88. The highest BCUT2D eigenvalue weighted by Crippen LogP contribution is 2.32. The second kappa shape index (κ2) is 7.34. The van der Waals surface area contributed by atoms with Gasteiger partial charge in [-0.15, -0.1) is 0 Å². The van der Waals surface area contributed by atoms with E-state index in [1.165, 1.54) is 0 Å². The van der Waals surface area contributed by atoms with Crippen molar-refractivity contribution in [2.75, 3.05) is 11.9 Å². The molecule has 132 valence electrons. The number of hydrogen-bond acceptors (Lipinski definition) is 3. The molecule has 0 unspecified atom stereocenters. The third-order valence-electron chi connectivity index (χ3n) is 4.68. The van der Waals surface area contributed by atoms with Crippen molar-refractivity contribution in [3.63, 3.8) is 0 Å². The van der Waals surface area contributed by atoms with E-state index in [1.807, 2.05) is 18.2 Å². The lowest BCUT2D eigenvalue weighted by molar-refractivity contribution is -0.137. The van der Waals surface area contributed by atoms with Crippen molar-refractivity contribution < 1.29 is 14.7 Å². The largest absolute Gasteiger partial charge is 0.388 e. The number of amides is 2. The Balaban J connectivity index is 2.11. The van der Waals surface area contributed by atoms with Gasteiger partial charge >= 0.3 is 11.8 Å². The zero-order chi connectivity index (χ0) is 17.9. The lowest BCUT2D eigenvalue weighted by Gasteiger charge is -2.36. The average molecular weight is 332 g/mol. The van der Waals surface area contributed by atoms with Crippen molar-refractivity contribution in [1.82, 2.24) is 5.32 Å². The van der Waals surface area contributed by atoms with Gasteiger partial charge in [-0.05, 0) is 42.2 Å². The third-order valence-corrected chi connectivity index (χ3v) is 4.68. The van der Waals surface area contributed by atoms with E-state index in [9.17, 15) is 14.7 Å². The first kappa shape index (κ1) is 18.5. The van der Waals surface area contributed by atoms with Crippen LogP contribution in [0, 0.1) is 0 Å². The zero-order valence-electron chi connectivity index (χ0n) is 15.0. The Bertz CT molecular complexity index is 593. The van der Waals surface area contributed by atoms with Crippen molar-refractivity contribution >= 4 is 17.5 Å². The summed E-state index contributed by atoms with van der Waals surface area (Å²) in [5, 5.41) is 15.3. The van der Waals surface area contributed by atoms with Gasteiger partial charge in [-0.1, -0.05) is 45.9 Å². The summed E-state index contributed by atoms with van der Waals surface area (Å²) in [5.74, 6) is -0.924. The molecule has 0 aliphatic heterocycles. The van der Waals surface area contributed by atoms with Gasteiger partial charge in [0.2, 0.25) is 0 Å². The van der Waals surface area contributed by atoms with E-state index in [0.717, 1.165) is 23.2 Å². The molecule has 3 N–H and O–H groups in total. The maximum absolute atomic E-state index is 12.3. The van der Waals surface area contributed by atoms with Crippen molar-refractivity contribution in [2.24, 2.45) is 0 Å². The maximum Gasteiger partial charge on any atom is 0.313 e. The SMILES string of the molecule is CC(C)c1cccc(C(C)C)c1NC(=O)C(=O)NCC1(O)CCC1. The molecule has 24 heavy (non-hydrogen) atoms. The van der Waals surface area contributed by atoms with Crippen molar-refractivity contribution in [3.05, 3.63) is 29.3 Å². The number of para-hydroxylation sites is 1. The predicted octanol–water partition coefficient (Wildman–Crippen LogP) is 2.90. The van der Waals surface area contributed by atoms with E-state index >= 15 is 0 Å². The van der Waals surface area contributed by atoms with Crippen LogP contribution in [0.25, 0.3) is 0 Å². The van der Waals surface area contributed by atoms with Gasteiger partial charge in [0.25, 0.3) is 0 Å². The van der Waals surface area contributed by atoms with Gasteiger partial charge in [0.05, 0.1) is 5.60 Å². The highest BCUT2D eigenvalue weighted by atomic mass is 16.3. The van der Waals surface area contributed by atoms with Gasteiger partial charge in [-0.3, -0.25) is 9.59 Å². The number of hydrogen-bond donors (Lipinski definition) is 3. The Kier molecular flexibility index (Phi) is 5.65. The van der Waals surface area contributed by atoms with E-state index in [2.05, 4.69) is 38.3 Å². The lowest BCUT2D eigenvalue weighted by atomic mass is 9.80. The van der Waals surface area contributed by atoms with Crippen LogP contribution >= 0.6 is 0 Å². The van der Waals surface area contributed by atoms with Crippen LogP contribution in [0.4, 0.5) is 5.69 Å². The van der Waals surface area contributed by atoms with Crippen LogP contribution in [0.1, 0.15) is 69.9 Å². The Morgan fingerprint density at radius 2 is 1.62 bits per heavy atom. The summed E-state index contributed by atoms with van der Waals surface area (Å²) in [6.07, 6.45) is 2.29. The van der Waals surface area contributed by atoms with Gasteiger partial charge in [0.15, 0.2) is 0 Å². The molecular formula is C19H28N2O3. The highest BCUT2D eigenvalue weighted by molar-refractivity contribution is 6.39. The van der Waals surface area contributed by atoms with Crippen LogP contribution in [0.5, 0.6) is 0 Å². The van der Waals surface area contributed by atoms with Gasteiger partial charge in [0.1, 0.15) is 0 Å². The van der Waals surface area contributed by atoms with Gasteiger partial charge in [0, 0.05) is 12.2 Å². The summed E-state index contributed by atoms with van der Waals surface area (Å²) < 4.78 is 0. The van der Waals surface area contributed by atoms with Crippen LogP contribution < -0.4 is 10.6 Å². The molecule has 1 fully saturated rings. The molecule has 5 nitrogen and oxygen atoms in total. The maximum atomic E-state index is 12.3. The van der Waals surface area contributed by atoms with Crippen molar-refractivity contribution in [2.45, 2.75) is 64.4 Å². The summed E-state index contributed by atoms with van der Waals surface area (Å²) in [4.78, 5) is 24.3. The lowest BCUT2D eigenvalue weighted by Crippen LogP contribution is -2.50. The minimum Gasteiger partial charge on any atom is -0.388 e. The van der Waals surface area contributed by atoms with E-state index in [1.54, 1.807) is 0 Å². The minimum atomic E-state index is -0.838. The van der Waals surface area contributed by atoms with E-state index in [-0.39, 0.29) is 18.4 Å². The van der Waals surface area contributed by atoms with E-state index in [0.29, 0.717) is 12.8 Å². The van der Waals surface area contributed by atoms with Crippen molar-refractivity contribution in [3.8, 4) is 0 Å². The van der Waals surface area contributed by atoms with Crippen LogP contribution in [0.15, 0.2) is 18.2 Å². The fraction of sp³-hybridized carbons (Fsp3) is 0.579. The van der Waals surface area contributed by atoms with Crippen LogP contribution in [-0.4, -0.2) is 29.1 Å². The molecule has 2 amide bonds. The molecule has 0 atom stereocenters. The van der Waals surface area contributed by atoms with Gasteiger partial charge in [-0.25, -0.2) is 0 Å². The van der Waals surface area contributed by atoms with Crippen LogP contribution in [-0.2, 0) is 9.59 Å². The number of rotatable bonds is 5. The topological polar surface area (TPSA) is 78.4 Å². The molecular weight excluding hydrogens is 304 g/mol. The molecule has 0 saturated heterocycles. The number of aliphatic hydroxyl groups is 1. The fourth-order valence-electron chi connectivity index (χ4n) is 2.95. The normalized spacial score (nSPS) is 16.0. The summed E-state index contributed by atoms with van der Waals surface area (Å²) in [5.41, 5.74) is 1.92. The first-order valence-electron chi connectivity index (χ1n) is 8.68. The third kappa shape index (κ3) is 4.15. The molecule has 1 aliphatic rings. The number of anilines is 1. The molecule has 1 aromatic rings. The zero-order valence-corrected chi connectivity index (χ0v) is 15.0. The predicted molar refractivity (Wildman–Crippen MR) is 95.1 cm³/mol. The smallest absolute Gasteiger partial charge is 0.313 e. The summed E-state index contributed by atoms with van der Waals surface area (Å²) in [6, 6.07) is 5.93. The molecule has 0 spiro atoms. The first-order valence-corrected chi connectivity index (χ1v) is 8.68. The standard InChI is InChI=1S/C19H28N2O3/c1-12(2)14-7-5-8-15(13(3)4)16(14)21-18(23)17(22)20-11-19(24)9-6-10-19/h5,7-8,12-13,24H,6,9-11H2,1-4H3,(H,20,22)(H,21,23). The van der Waals surface area contributed by atoms with Crippen LogP contribution in [0.2, 0.25) is 0 Å². The molecule has 0 radical (unpaired) electrons. The Labute approximate surface area is 143 Å². The van der Waals surface area contributed by atoms with E-state index in [4.69, 9.17) is 0 Å². The molecule has 1 aromatic carbocycles. The minimum absolute atomic E-state index is 0.127. The highest BCUT2D eigenvalue weighted by Gasteiger charge is 2.35. The van der Waals surface area contributed by atoms with Gasteiger partial charge < -0.3 is 15.7 Å². The molecule has 5 heteroatoms. The number of carbonyl (C=O) groups excluding carboxylic acids is 2. The summed E-state index contributed by atoms with van der Waals surface area (Å²) in [6.45, 7) is 8.35. The molecule has 1 aliphatic carbocycles. The monoisotopic (exact) mass is 332 g/mol. The van der Waals surface area contributed by atoms with E-state index < -0.39 is 17.4 Å².